The SMILES string of the molecule is Cn1c(-c2c(-c3ccccc3)ncn2CCC2CNNC2)nc2ccccc21. The molecule has 6 nitrogen and oxygen atoms in total. The van der Waals surface area contributed by atoms with Crippen molar-refractivity contribution in [1.29, 1.82) is 0 Å². The van der Waals surface area contributed by atoms with Crippen LogP contribution in [0.2, 0.25) is 0 Å². The van der Waals surface area contributed by atoms with Crippen LogP contribution in [0.1, 0.15) is 6.42 Å². The van der Waals surface area contributed by atoms with Crippen molar-refractivity contribution in [2.24, 2.45) is 13.0 Å². The van der Waals surface area contributed by atoms with Gasteiger partial charge in [0.1, 0.15) is 5.69 Å². The highest BCUT2D eigenvalue weighted by Crippen LogP contribution is 2.32. The van der Waals surface area contributed by atoms with Gasteiger partial charge in [-0.15, -0.1) is 0 Å². The average molecular weight is 372 g/mol. The Morgan fingerprint density at radius 1 is 1.00 bits per heavy atom. The highest BCUT2D eigenvalue weighted by atomic mass is 15.4. The van der Waals surface area contributed by atoms with E-state index in [1.165, 1.54) is 0 Å². The Labute approximate surface area is 164 Å². The van der Waals surface area contributed by atoms with Crippen LogP contribution in [0.15, 0.2) is 60.9 Å². The van der Waals surface area contributed by atoms with Gasteiger partial charge in [-0.25, -0.2) is 9.97 Å². The summed E-state index contributed by atoms with van der Waals surface area (Å²) in [6.07, 6.45) is 3.06. The number of para-hydroxylation sites is 2. The lowest BCUT2D eigenvalue weighted by molar-refractivity contribution is 0.498. The molecular formula is C22H24N6. The Morgan fingerprint density at radius 2 is 1.75 bits per heavy atom. The van der Waals surface area contributed by atoms with Crippen LogP contribution in [-0.2, 0) is 13.6 Å². The lowest BCUT2D eigenvalue weighted by Crippen LogP contribution is -2.21. The van der Waals surface area contributed by atoms with E-state index in [0.717, 1.165) is 59.9 Å². The minimum atomic E-state index is 0.635. The quantitative estimate of drug-likeness (QED) is 0.565. The molecule has 3 heterocycles. The summed E-state index contributed by atoms with van der Waals surface area (Å²) in [4.78, 5) is 9.76. The van der Waals surface area contributed by atoms with E-state index in [9.17, 15) is 0 Å². The van der Waals surface area contributed by atoms with Gasteiger partial charge in [0.2, 0.25) is 0 Å². The van der Waals surface area contributed by atoms with Crippen LogP contribution in [0.5, 0.6) is 0 Å². The minimum absolute atomic E-state index is 0.635. The normalized spacial score (nSPS) is 14.9. The first-order valence-corrected chi connectivity index (χ1v) is 9.79. The molecule has 2 aromatic heterocycles. The molecular weight excluding hydrogens is 348 g/mol. The smallest absolute Gasteiger partial charge is 0.159 e. The largest absolute Gasteiger partial charge is 0.328 e. The van der Waals surface area contributed by atoms with Crippen LogP contribution >= 0.6 is 0 Å². The number of hydrogen-bond acceptors (Lipinski definition) is 4. The zero-order chi connectivity index (χ0) is 18.9. The highest BCUT2D eigenvalue weighted by molar-refractivity contribution is 5.84. The van der Waals surface area contributed by atoms with Gasteiger partial charge in [-0.2, -0.15) is 0 Å². The molecule has 6 heteroatoms. The molecule has 0 radical (unpaired) electrons. The van der Waals surface area contributed by atoms with Gasteiger partial charge >= 0.3 is 0 Å². The molecule has 5 rings (SSSR count). The molecule has 1 saturated heterocycles. The molecule has 0 bridgehead atoms. The third kappa shape index (κ3) is 3.00. The predicted octanol–water partition coefficient (Wildman–Crippen LogP) is 3.22. The second kappa shape index (κ2) is 7.22. The van der Waals surface area contributed by atoms with E-state index in [-0.39, 0.29) is 0 Å². The van der Waals surface area contributed by atoms with Gasteiger partial charge in [0, 0.05) is 32.2 Å². The van der Waals surface area contributed by atoms with Crippen molar-refractivity contribution in [2.45, 2.75) is 13.0 Å². The van der Waals surface area contributed by atoms with Gasteiger partial charge in [-0.3, -0.25) is 10.9 Å². The third-order valence-electron chi connectivity index (χ3n) is 5.57. The van der Waals surface area contributed by atoms with Crippen LogP contribution in [0.3, 0.4) is 0 Å². The van der Waals surface area contributed by atoms with Crippen LogP contribution in [0, 0.1) is 5.92 Å². The summed E-state index contributed by atoms with van der Waals surface area (Å²) in [5, 5.41) is 0. The number of rotatable bonds is 5. The molecule has 0 amide bonds. The molecule has 0 atom stereocenters. The molecule has 1 aliphatic rings. The number of hydrogen-bond donors (Lipinski definition) is 2. The number of aromatic nitrogens is 4. The third-order valence-corrected chi connectivity index (χ3v) is 5.57. The topological polar surface area (TPSA) is 59.7 Å². The van der Waals surface area contributed by atoms with Gasteiger partial charge in [-0.1, -0.05) is 42.5 Å². The average Bonchev–Trinajstić information content (AvgIpc) is 3.46. The van der Waals surface area contributed by atoms with Gasteiger partial charge < -0.3 is 9.13 Å². The first kappa shape index (κ1) is 17.2. The Bertz CT molecular complexity index is 1090. The number of nitrogens with zero attached hydrogens (tertiary/aromatic N) is 4. The molecule has 2 N–H and O–H groups in total. The summed E-state index contributed by atoms with van der Waals surface area (Å²) in [5.41, 5.74) is 11.8. The van der Waals surface area contributed by atoms with E-state index in [0.29, 0.717) is 5.92 Å². The maximum absolute atomic E-state index is 4.96. The summed E-state index contributed by atoms with van der Waals surface area (Å²) in [6, 6.07) is 18.7. The molecule has 1 fully saturated rings. The van der Waals surface area contributed by atoms with Crippen molar-refractivity contribution < 1.29 is 0 Å². The lowest BCUT2D eigenvalue weighted by Gasteiger charge is -2.13. The molecule has 2 aromatic carbocycles. The summed E-state index contributed by atoms with van der Waals surface area (Å²) in [7, 11) is 2.08. The van der Waals surface area contributed by atoms with Crippen LogP contribution < -0.4 is 10.9 Å². The first-order valence-electron chi connectivity index (χ1n) is 9.79. The Kier molecular flexibility index (Phi) is 4.43. The Hall–Kier alpha value is -2.96. The van der Waals surface area contributed by atoms with E-state index in [1.54, 1.807) is 0 Å². The second-order valence-electron chi connectivity index (χ2n) is 7.40. The number of imidazole rings is 2. The van der Waals surface area contributed by atoms with E-state index in [4.69, 9.17) is 9.97 Å². The summed E-state index contributed by atoms with van der Waals surface area (Å²) >= 11 is 0. The molecule has 28 heavy (non-hydrogen) atoms. The number of nitrogens with one attached hydrogen (secondary N) is 2. The monoisotopic (exact) mass is 372 g/mol. The lowest BCUT2D eigenvalue weighted by atomic mass is 10.1. The summed E-state index contributed by atoms with van der Waals surface area (Å²) < 4.78 is 4.44. The number of aryl methyl sites for hydroxylation is 2. The van der Waals surface area contributed by atoms with Crippen molar-refractivity contribution in [2.75, 3.05) is 13.1 Å². The predicted molar refractivity (Wildman–Crippen MR) is 111 cm³/mol. The minimum Gasteiger partial charge on any atom is -0.328 e. The molecule has 0 spiro atoms. The van der Waals surface area contributed by atoms with Gasteiger partial charge in [0.25, 0.3) is 0 Å². The first-order chi connectivity index (χ1) is 13.8. The number of fused-ring (bicyclic) bond motifs is 1. The highest BCUT2D eigenvalue weighted by Gasteiger charge is 2.21. The maximum atomic E-state index is 4.96. The molecule has 0 saturated carbocycles. The van der Waals surface area contributed by atoms with Gasteiger partial charge in [0.05, 0.1) is 23.1 Å². The van der Waals surface area contributed by atoms with Crippen LogP contribution in [0.4, 0.5) is 0 Å². The maximum Gasteiger partial charge on any atom is 0.159 e. The van der Waals surface area contributed by atoms with Crippen molar-refractivity contribution in [3.8, 4) is 22.8 Å². The van der Waals surface area contributed by atoms with E-state index in [2.05, 4.69) is 69.5 Å². The standard InChI is InChI=1S/C22H24N6/c1-27-19-10-6-5-9-18(19)26-22(27)21-20(17-7-3-2-4-8-17)23-15-28(21)12-11-16-13-24-25-14-16/h2-10,15-16,24-25H,11-14H2,1H3. The summed E-state index contributed by atoms with van der Waals surface area (Å²) in [5.74, 6) is 1.59. The Morgan fingerprint density at radius 3 is 2.54 bits per heavy atom. The molecule has 142 valence electrons. The zero-order valence-corrected chi connectivity index (χ0v) is 16.0. The van der Waals surface area contributed by atoms with E-state index >= 15 is 0 Å². The van der Waals surface area contributed by atoms with Crippen LogP contribution in [-0.4, -0.2) is 32.2 Å². The van der Waals surface area contributed by atoms with Crippen molar-refractivity contribution in [3.63, 3.8) is 0 Å². The van der Waals surface area contributed by atoms with E-state index < -0.39 is 0 Å². The van der Waals surface area contributed by atoms with Crippen molar-refractivity contribution >= 4 is 11.0 Å². The van der Waals surface area contributed by atoms with Crippen LogP contribution in [0.25, 0.3) is 33.8 Å². The van der Waals surface area contributed by atoms with Gasteiger partial charge in [-0.05, 0) is 24.5 Å². The molecule has 4 aromatic rings. The number of hydrazine groups is 1. The molecule has 1 aliphatic heterocycles. The number of benzene rings is 2. The van der Waals surface area contributed by atoms with Crippen molar-refractivity contribution in [1.82, 2.24) is 30.0 Å². The zero-order valence-electron chi connectivity index (χ0n) is 16.0. The van der Waals surface area contributed by atoms with E-state index in [1.807, 2.05) is 18.5 Å². The fraction of sp³-hybridized carbons (Fsp3) is 0.273. The van der Waals surface area contributed by atoms with Crippen molar-refractivity contribution in [3.05, 3.63) is 60.9 Å². The summed E-state index contributed by atoms with van der Waals surface area (Å²) in [6.45, 7) is 2.95. The fourth-order valence-corrected chi connectivity index (χ4v) is 3.98. The fourth-order valence-electron chi connectivity index (χ4n) is 3.98. The second-order valence-corrected chi connectivity index (χ2v) is 7.40. The Balaban J connectivity index is 1.62. The van der Waals surface area contributed by atoms with Gasteiger partial charge in [0.15, 0.2) is 5.82 Å². The molecule has 0 aliphatic carbocycles. The molecule has 0 unspecified atom stereocenters.